The lowest BCUT2D eigenvalue weighted by atomic mass is 9.78. The summed E-state index contributed by atoms with van der Waals surface area (Å²) in [7, 11) is 0. The van der Waals surface area contributed by atoms with Gasteiger partial charge in [0.2, 0.25) is 0 Å². The van der Waals surface area contributed by atoms with Crippen LogP contribution in [0.2, 0.25) is 0 Å². The molecular weight excluding hydrogens is 284 g/mol. The van der Waals surface area contributed by atoms with Gasteiger partial charge in [0.15, 0.2) is 0 Å². The van der Waals surface area contributed by atoms with E-state index in [2.05, 4.69) is 22.9 Å². The molecule has 0 unspecified atom stereocenters. The van der Waals surface area contributed by atoms with E-state index in [1.165, 1.54) is 17.7 Å². The molecule has 1 aromatic rings. The average Bonchev–Trinajstić information content (AvgIpc) is 2.89. The van der Waals surface area contributed by atoms with Crippen molar-refractivity contribution in [2.24, 2.45) is 5.41 Å². The summed E-state index contributed by atoms with van der Waals surface area (Å²) >= 11 is 5.18. The van der Waals surface area contributed by atoms with Crippen molar-refractivity contribution in [1.29, 1.82) is 0 Å². The average molecular weight is 301 g/mol. The van der Waals surface area contributed by atoms with Crippen LogP contribution in [0, 0.1) is 5.41 Å². The van der Waals surface area contributed by atoms with Gasteiger partial charge in [-0.25, -0.2) is 0 Å². The zero-order valence-corrected chi connectivity index (χ0v) is 12.0. The molecule has 1 aliphatic rings. The highest BCUT2D eigenvalue weighted by Gasteiger charge is 2.38. The molecule has 0 radical (unpaired) electrons. The molecule has 1 saturated carbocycles. The maximum Gasteiger partial charge on any atom is 0.144 e. The van der Waals surface area contributed by atoms with E-state index in [9.17, 15) is 4.79 Å². The van der Waals surface area contributed by atoms with Gasteiger partial charge < -0.3 is 0 Å². The van der Waals surface area contributed by atoms with Gasteiger partial charge >= 0.3 is 0 Å². The van der Waals surface area contributed by atoms with Crippen molar-refractivity contribution >= 4 is 33.0 Å². The van der Waals surface area contributed by atoms with Crippen LogP contribution >= 0.6 is 27.3 Å². The fraction of sp³-hybridized carbons (Fsp3) is 0.615. The molecular formula is C13H17BrOS. The Hall–Kier alpha value is -0.150. The van der Waals surface area contributed by atoms with Crippen molar-refractivity contribution in [3.8, 4) is 0 Å². The number of hydrogen-bond acceptors (Lipinski definition) is 2. The summed E-state index contributed by atoms with van der Waals surface area (Å²) in [6.45, 7) is 2.16. The largest absolute Gasteiger partial charge is 0.299 e. The van der Waals surface area contributed by atoms with Gasteiger partial charge in [0.05, 0.1) is 0 Å². The minimum absolute atomic E-state index is 0.00340. The Kier molecular flexibility index (Phi) is 3.85. The number of rotatable bonds is 4. The highest BCUT2D eigenvalue weighted by atomic mass is 79.9. The summed E-state index contributed by atoms with van der Waals surface area (Å²) in [6.07, 6.45) is 6.29. The summed E-state index contributed by atoms with van der Waals surface area (Å²) in [5.41, 5.74) is 0.00340. The van der Waals surface area contributed by atoms with Crippen LogP contribution in [0.25, 0.3) is 0 Å². The van der Waals surface area contributed by atoms with Gasteiger partial charge in [-0.15, -0.1) is 11.3 Å². The molecule has 1 fully saturated rings. The molecule has 0 N–H and O–H groups in total. The lowest BCUT2D eigenvalue weighted by molar-refractivity contribution is -0.128. The van der Waals surface area contributed by atoms with E-state index in [4.69, 9.17) is 0 Å². The minimum atomic E-state index is 0.00340. The third-order valence-electron chi connectivity index (χ3n) is 3.84. The van der Waals surface area contributed by atoms with Crippen molar-refractivity contribution in [1.82, 2.24) is 0 Å². The van der Waals surface area contributed by atoms with Gasteiger partial charge in [0, 0.05) is 21.2 Å². The highest BCUT2D eigenvalue weighted by molar-refractivity contribution is 9.10. The molecule has 2 rings (SSSR count). The number of hydrogen-bond donors (Lipinski definition) is 0. The van der Waals surface area contributed by atoms with E-state index in [0.717, 1.165) is 23.7 Å². The minimum Gasteiger partial charge on any atom is -0.299 e. The molecule has 0 atom stereocenters. The molecule has 16 heavy (non-hydrogen) atoms. The summed E-state index contributed by atoms with van der Waals surface area (Å²) in [5, 5.41) is 2.04. The van der Waals surface area contributed by atoms with Gasteiger partial charge in [-0.3, -0.25) is 4.79 Å². The SMILES string of the molecule is CCC1(C(=O)Cc2sccc2Br)CCCC1. The Morgan fingerprint density at radius 2 is 2.19 bits per heavy atom. The molecule has 1 aliphatic carbocycles. The Morgan fingerprint density at radius 3 is 2.69 bits per heavy atom. The lowest BCUT2D eigenvalue weighted by Crippen LogP contribution is -2.28. The molecule has 1 heterocycles. The maximum absolute atomic E-state index is 12.4. The molecule has 3 heteroatoms. The second-order valence-corrected chi connectivity index (χ2v) is 6.49. The van der Waals surface area contributed by atoms with E-state index >= 15 is 0 Å². The van der Waals surface area contributed by atoms with Crippen LogP contribution in [0.15, 0.2) is 15.9 Å². The first-order valence-corrected chi connectivity index (χ1v) is 7.60. The predicted octanol–water partition coefficient (Wildman–Crippen LogP) is 4.59. The molecule has 0 aliphatic heterocycles. The first-order valence-electron chi connectivity index (χ1n) is 5.93. The standard InChI is InChI=1S/C13H17BrOS/c1-2-13(6-3-4-7-13)12(15)9-11-10(14)5-8-16-11/h5,8H,2-4,6-7,9H2,1H3. The lowest BCUT2D eigenvalue weighted by Gasteiger charge is -2.25. The van der Waals surface area contributed by atoms with Crippen molar-refractivity contribution in [2.45, 2.75) is 45.4 Å². The van der Waals surface area contributed by atoms with Crippen LogP contribution in [0.3, 0.4) is 0 Å². The normalized spacial score (nSPS) is 18.9. The van der Waals surface area contributed by atoms with Crippen LogP contribution < -0.4 is 0 Å². The van der Waals surface area contributed by atoms with E-state index in [0.29, 0.717) is 12.2 Å². The monoisotopic (exact) mass is 300 g/mol. The predicted molar refractivity (Wildman–Crippen MR) is 71.9 cm³/mol. The van der Waals surface area contributed by atoms with Crippen LogP contribution in [-0.2, 0) is 11.2 Å². The Labute approximate surface area is 109 Å². The third kappa shape index (κ3) is 2.25. The van der Waals surface area contributed by atoms with Crippen molar-refractivity contribution in [3.63, 3.8) is 0 Å². The first kappa shape index (κ1) is 12.3. The number of ketones is 1. The van der Waals surface area contributed by atoms with Gasteiger partial charge in [-0.2, -0.15) is 0 Å². The maximum atomic E-state index is 12.4. The fourth-order valence-electron chi connectivity index (χ4n) is 2.67. The van der Waals surface area contributed by atoms with E-state index in [-0.39, 0.29) is 5.41 Å². The Morgan fingerprint density at radius 1 is 1.50 bits per heavy atom. The summed E-state index contributed by atoms with van der Waals surface area (Å²) < 4.78 is 1.09. The fourth-order valence-corrected chi connectivity index (χ4v) is 4.16. The quantitative estimate of drug-likeness (QED) is 0.794. The number of carbonyl (C=O) groups excluding carboxylic acids is 1. The third-order valence-corrected chi connectivity index (χ3v) is 5.77. The number of Topliss-reactive ketones (excluding diaryl/α,β-unsaturated/α-hetero) is 1. The smallest absolute Gasteiger partial charge is 0.144 e. The molecule has 1 nitrogen and oxygen atoms in total. The second kappa shape index (κ2) is 5.01. The summed E-state index contributed by atoms with van der Waals surface area (Å²) in [6, 6.07) is 2.03. The second-order valence-electron chi connectivity index (χ2n) is 4.63. The first-order chi connectivity index (χ1) is 7.68. The highest BCUT2D eigenvalue weighted by Crippen LogP contribution is 2.43. The number of thiophene rings is 1. The van der Waals surface area contributed by atoms with Gasteiger partial charge in [-0.05, 0) is 46.6 Å². The van der Waals surface area contributed by atoms with Crippen LogP contribution in [0.1, 0.15) is 43.9 Å². The number of carbonyl (C=O) groups is 1. The molecule has 0 saturated heterocycles. The van der Waals surface area contributed by atoms with Crippen molar-refractivity contribution < 1.29 is 4.79 Å². The van der Waals surface area contributed by atoms with E-state index in [1.807, 2.05) is 11.4 Å². The Balaban J connectivity index is 2.10. The molecule has 1 aromatic heterocycles. The molecule has 0 aromatic carbocycles. The van der Waals surface area contributed by atoms with Crippen LogP contribution in [0.4, 0.5) is 0 Å². The van der Waals surface area contributed by atoms with Crippen LogP contribution in [-0.4, -0.2) is 5.78 Å². The van der Waals surface area contributed by atoms with Gasteiger partial charge in [0.1, 0.15) is 5.78 Å². The summed E-state index contributed by atoms with van der Waals surface area (Å²) in [5.74, 6) is 0.454. The molecule has 0 bridgehead atoms. The van der Waals surface area contributed by atoms with Gasteiger partial charge in [-0.1, -0.05) is 19.8 Å². The van der Waals surface area contributed by atoms with E-state index in [1.54, 1.807) is 11.3 Å². The van der Waals surface area contributed by atoms with Gasteiger partial charge in [0.25, 0.3) is 0 Å². The number of halogens is 1. The summed E-state index contributed by atoms with van der Waals surface area (Å²) in [4.78, 5) is 13.6. The Bertz CT molecular complexity index is 377. The van der Waals surface area contributed by atoms with Crippen molar-refractivity contribution in [2.75, 3.05) is 0 Å². The zero-order chi connectivity index (χ0) is 11.6. The molecule has 0 amide bonds. The zero-order valence-electron chi connectivity index (χ0n) is 9.59. The topological polar surface area (TPSA) is 17.1 Å². The van der Waals surface area contributed by atoms with Crippen LogP contribution in [0.5, 0.6) is 0 Å². The molecule has 0 spiro atoms. The van der Waals surface area contributed by atoms with E-state index < -0.39 is 0 Å². The molecule has 88 valence electrons. The van der Waals surface area contributed by atoms with Crippen molar-refractivity contribution in [3.05, 3.63) is 20.8 Å².